The first-order valence-electron chi connectivity index (χ1n) is 1.95. The van der Waals surface area contributed by atoms with Crippen molar-refractivity contribution in [1.82, 2.24) is 0 Å². The average Bonchev–Trinajstić information content (AvgIpc) is 1.41. The van der Waals surface area contributed by atoms with Crippen LogP contribution in [0.1, 0.15) is 19.8 Å². The third-order valence-electron chi connectivity index (χ3n) is 0.455. The van der Waals surface area contributed by atoms with Crippen molar-refractivity contribution >= 4 is 0 Å². The van der Waals surface area contributed by atoms with E-state index < -0.39 is 0 Å². The molecule has 0 aliphatic rings. The number of nitrogens with two attached hydrogens (primary N) is 1. The predicted octanol–water partition coefficient (Wildman–Crippen LogP) is -2.09. The Kier molecular flexibility index (Phi) is 14.8. The Morgan fingerprint density at radius 2 is 2.17 bits per heavy atom. The fourth-order valence-corrected chi connectivity index (χ4v) is 0.167. The van der Waals surface area contributed by atoms with Gasteiger partial charge >= 0.3 is 18.9 Å². The molecular weight excluding hydrogens is 69.0 g/mol. The molecule has 2 N–H and O–H groups in total. The van der Waals surface area contributed by atoms with E-state index in [1.807, 2.05) is 0 Å². The second kappa shape index (κ2) is 9.12. The molecule has 0 aliphatic carbocycles. The first-order valence-corrected chi connectivity index (χ1v) is 1.95. The van der Waals surface area contributed by atoms with Gasteiger partial charge < -0.3 is 5.73 Å². The summed E-state index contributed by atoms with van der Waals surface area (Å²) in [5.41, 5.74) is 5.01. The summed E-state index contributed by atoms with van der Waals surface area (Å²) in [6.07, 6.45) is 2.20. The third kappa shape index (κ3) is 8.82. The van der Waals surface area contributed by atoms with Gasteiger partial charge in [-0.05, 0) is 0 Å². The molecule has 0 rings (SSSR count). The normalized spacial score (nSPS) is 7.00. The molecule has 0 heterocycles. The van der Waals surface area contributed by atoms with E-state index in [4.69, 9.17) is 5.73 Å². The molecule has 0 amide bonds. The van der Waals surface area contributed by atoms with Crippen molar-refractivity contribution in [2.45, 2.75) is 19.8 Å². The summed E-state index contributed by atoms with van der Waals surface area (Å²) in [6, 6.07) is 0. The summed E-state index contributed by atoms with van der Waals surface area (Å²) in [6.45, 7) is 3.78. The Morgan fingerprint density at radius 1 is 1.67 bits per heavy atom. The number of rotatable bonds is 2. The minimum Gasteiger partial charge on any atom is -0.483 e. The monoisotopic (exact) mass is 79.1 g/mol. The van der Waals surface area contributed by atoms with Crippen LogP contribution in [0.2, 0.25) is 0 Å². The van der Waals surface area contributed by atoms with Crippen molar-refractivity contribution in [3.8, 4) is 0 Å². The summed E-state index contributed by atoms with van der Waals surface area (Å²) in [7, 11) is 0. The van der Waals surface area contributed by atoms with E-state index in [2.05, 4.69) is 6.92 Å². The van der Waals surface area contributed by atoms with Gasteiger partial charge in [-0.25, -0.2) is 0 Å². The molecule has 0 aromatic rings. The number of hydrogen-bond acceptors (Lipinski definition) is 1. The minimum atomic E-state index is 0. The fourth-order valence-electron chi connectivity index (χ4n) is 0.167. The zero-order chi connectivity index (χ0) is 4.12. The van der Waals surface area contributed by atoms with E-state index in [1.54, 1.807) is 6.54 Å². The van der Waals surface area contributed by atoms with Crippen LogP contribution in [0.15, 0.2) is 0 Å². The summed E-state index contributed by atoms with van der Waals surface area (Å²) in [4.78, 5) is 0. The topological polar surface area (TPSA) is 26.0 Å². The van der Waals surface area contributed by atoms with Crippen LogP contribution in [-0.2, 0) is 0 Å². The van der Waals surface area contributed by atoms with E-state index in [1.165, 1.54) is 0 Å². The van der Waals surface area contributed by atoms with Crippen LogP contribution >= 0.6 is 0 Å². The predicted molar refractivity (Wildman–Crippen MR) is 23.4 cm³/mol. The van der Waals surface area contributed by atoms with Gasteiger partial charge in [0.05, 0.1) is 0 Å². The van der Waals surface area contributed by atoms with Crippen molar-refractivity contribution in [3.05, 3.63) is 6.54 Å². The molecule has 0 radical (unpaired) electrons. The summed E-state index contributed by atoms with van der Waals surface area (Å²) in [5, 5.41) is 0. The van der Waals surface area contributed by atoms with E-state index in [0.29, 0.717) is 0 Å². The number of hydrogen-bond donors (Lipinski definition) is 1. The van der Waals surface area contributed by atoms with Crippen LogP contribution in [0.3, 0.4) is 0 Å². The van der Waals surface area contributed by atoms with Gasteiger partial charge in [-0.15, -0.1) is 0 Å². The zero-order valence-electron chi connectivity index (χ0n) is 4.57. The van der Waals surface area contributed by atoms with Crippen LogP contribution in [0.4, 0.5) is 0 Å². The molecule has 0 spiro atoms. The van der Waals surface area contributed by atoms with Crippen molar-refractivity contribution < 1.29 is 18.9 Å². The standard InChI is InChI=1S/C4H10N.Li/c1-2-3-4-5;/h4H,2-3,5H2,1H3;/q-1;+1. The maximum absolute atomic E-state index is 5.01. The first-order chi connectivity index (χ1) is 2.41. The molecule has 0 unspecified atom stereocenters. The fraction of sp³-hybridized carbons (Fsp3) is 0.750. The average molecular weight is 79.1 g/mol. The van der Waals surface area contributed by atoms with Gasteiger partial charge in [0.15, 0.2) is 0 Å². The van der Waals surface area contributed by atoms with Gasteiger partial charge in [-0.3, -0.25) is 6.54 Å². The Labute approximate surface area is 51.5 Å². The van der Waals surface area contributed by atoms with Crippen molar-refractivity contribution in [1.29, 1.82) is 0 Å². The minimum absolute atomic E-state index is 0. The molecule has 0 bridgehead atoms. The molecule has 2 heteroatoms. The van der Waals surface area contributed by atoms with Crippen molar-refractivity contribution in [2.24, 2.45) is 5.73 Å². The summed E-state index contributed by atoms with van der Waals surface area (Å²) in [5.74, 6) is 0. The zero-order valence-corrected chi connectivity index (χ0v) is 4.57. The van der Waals surface area contributed by atoms with Gasteiger partial charge in [-0.1, -0.05) is 13.3 Å². The van der Waals surface area contributed by atoms with Crippen molar-refractivity contribution in [2.75, 3.05) is 0 Å². The molecular formula is C4H10LiN. The molecule has 0 saturated heterocycles. The van der Waals surface area contributed by atoms with Crippen LogP contribution < -0.4 is 24.6 Å². The molecule has 0 aromatic heterocycles. The molecule has 0 saturated carbocycles. The van der Waals surface area contributed by atoms with E-state index >= 15 is 0 Å². The summed E-state index contributed by atoms with van der Waals surface area (Å²) >= 11 is 0. The Balaban J connectivity index is 0. The van der Waals surface area contributed by atoms with Crippen LogP contribution in [0.5, 0.6) is 0 Å². The second-order valence-electron chi connectivity index (χ2n) is 1.02. The maximum atomic E-state index is 5.01. The molecule has 1 nitrogen and oxygen atoms in total. The Hall–Kier alpha value is 0.557. The van der Waals surface area contributed by atoms with Crippen LogP contribution in [0, 0.1) is 6.54 Å². The van der Waals surface area contributed by atoms with E-state index in [-0.39, 0.29) is 18.9 Å². The van der Waals surface area contributed by atoms with Gasteiger partial charge in [0.25, 0.3) is 0 Å². The van der Waals surface area contributed by atoms with Gasteiger partial charge in [-0.2, -0.15) is 6.42 Å². The molecule has 0 aliphatic heterocycles. The molecule has 0 aromatic carbocycles. The maximum Gasteiger partial charge on any atom is 1.00 e. The molecule has 6 heavy (non-hydrogen) atoms. The smallest absolute Gasteiger partial charge is 0.483 e. The van der Waals surface area contributed by atoms with Crippen LogP contribution in [-0.4, -0.2) is 0 Å². The van der Waals surface area contributed by atoms with Gasteiger partial charge in [0, 0.05) is 0 Å². The number of unbranched alkanes of at least 4 members (excludes halogenated alkanes) is 1. The molecule has 0 atom stereocenters. The largest absolute Gasteiger partial charge is 1.00 e. The van der Waals surface area contributed by atoms with Crippen molar-refractivity contribution in [3.63, 3.8) is 0 Å². The second-order valence-corrected chi connectivity index (χ2v) is 1.02. The molecule has 0 fully saturated rings. The summed E-state index contributed by atoms with van der Waals surface area (Å²) < 4.78 is 0. The third-order valence-corrected chi connectivity index (χ3v) is 0.455. The van der Waals surface area contributed by atoms with Gasteiger partial charge in [0.1, 0.15) is 0 Å². The first kappa shape index (κ1) is 9.75. The quantitative estimate of drug-likeness (QED) is 0.298. The van der Waals surface area contributed by atoms with Gasteiger partial charge in [0.2, 0.25) is 0 Å². The Morgan fingerprint density at radius 3 is 2.17 bits per heavy atom. The SMILES string of the molecule is CCC[CH-]N.[Li+]. The van der Waals surface area contributed by atoms with Crippen LogP contribution in [0.25, 0.3) is 0 Å². The molecule has 32 valence electrons. The van der Waals surface area contributed by atoms with E-state index in [0.717, 1.165) is 12.8 Å². The van der Waals surface area contributed by atoms with E-state index in [9.17, 15) is 0 Å². The Bertz CT molecular complexity index is 15.0.